The summed E-state index contributed by atoms with van der Waals surface area (Å²) >= 11 is 0. The molecule has 0 saturated heterocycles. The van der Waals surface area contributed by atoms with E-state index >= 15 is 0 Å². The van der Waals surface area contributed by atoms with E-state index in [2.05, 4.69) is 6.26 Å². The van der Waals surface area contributed by atoms with Crippen molar-refractivity contribution in [2.45, 2.75) is 0 Å². The summed E-state index contributed by atoms with van der Waals surface area (Å²) < 4.78 is 21.3. The molecular formula is C3H8LiNO2S. The molecule has 0 N–H and O–H groups in total. The predicted octanol–water partition coefficient (Wildman–Crippen LogP) is -3.33. The topological polar surface area (TPSA) is 37.4 Å². The molecule has 8 heavy (non-hydrogen) atoms. The number of hydrogen-bond donors (Lipinski definition) is 0. The molecule has 0 rings (SSSR count). The Morgan fingerprint density at radius 2 is 1.50 bits per heavy atom. The van der Waals surface area contributed by atoms with E-state index in [0.29, 0.717) is 0 Å². The Labute approximate surface area is 62.3 Å². The van der Waals surface area contributed by atoms with Crippen LogP contribution in [0, 0.1) is 6.26 Å². The summed E-state index contributed by atoms with van der Waals surface area (Å²) in [7, 11) is -0.292. The number of rotatable bonds is 1. The van der Waals surface area contributed by atoms with Crippen LogP contribution in [0.4, 0.5) is 0 Å². The van der Waals surface area contributed by atoms with Gasteiger partial charge in [-0.15, -0.1) is 0 Å². The molecule has 0 aromatic rings. The Morgan fingerprint density at radius 1 is 1.38 bits per heavy atom. The van der Waals surface area contributed by atoms with Crippen LogP contribution in [0.5, 0.6) is 0 Å². The Morgan fingerprint density at radius 3 is 1.50 bits per heavy atom. The second kappa shape index (κ2) is 3.52. The third-order valence-electron chi connectivity index (χ3n) is 0.556. The fourth-order valence-corrected chi connectivity index (χ4v) is 0. The van der Waals surface area contributed by atoms with Crippen LogP contribution in [-0.2, 0) is 10.0 Å². The van der Waals surface area contributed by atoms with Gasteiger partial charge < -0.3 is 0 Å². The van der Waals surface area contributed by atoms with Crippen LogP contribution in [0.15, 0.2) is 0 Å². The molecule has 0 heterocycles. The van der Waals surface area contributed by atoms with Gasteiger partial charge >= 0.3 is 18.9 Å². The smallest absolute Gasteiger partial charge is 0.247 e. The van der Waals surface area contributed by atoms with Crippen LogP contribution < -0.4 is 18.9 Å². The van der Waals surface area contributed by atoms with Gasteiger partial charge in [-0.1, -0.05) is 0 Å². The molecule has 0 radical (unpaired) electrons. The average molecular weight is 129 g/mol. The van der Waals surface area contributed by atoms with Gasteiger partial charge in [-0.2, -0.15) is 0 Å². The second-order valence-corrected chi connectivity index (χ2v) is 3.29. The molecule has 0 aliphatic heterocycles. The van der Waals surface area contributed by atoms with E-state index in [9.17, 15) is 8.42 Å². The number of hydrogen-bond acceptors (Lipinski definition) is 2. The van der Waals surface area contributed by atoms with Crippen LogP contribution in [-0.4, -0.2) is 26.8 Å². The average Bonchev–Trinajstić information content (AvgIpc) is 1.31. The summed E-state index contributed by atoms with van der Waals surface area (Å²) in [6.45, 7) is 0. The molecule has 0 aliphatic carbocycles. The second-order valence-electron chi connectivity index (χ2n) is 1.39. The van der Waals surface area contributed by atoms with Crippen molar-refractivity contribution in [3.05, 3.63) is 6.26 Å². The van der Waals surface area contributed by atoms with E-state index in [1.165, 1.54) is 14.1 Å². The molecule has 44 valence electrons. The first-order chi connectivity index (χ1) is 2.94. The molecule has 0 aliphatic rings. The minimum absolute atomic E-state index is 0. The summed E-state index contributed by atoms with van der Waals surface area (Å²) in [5, 5.41) is 0. The van der Waals surface area contributed by atoms with Gasteiger partial charge in [0.15, 0.2) is 0 Å². The van der Waals surface area contributed by atoms with Gasteiger partial charge in [0, 0.05) is 0 Å². The van der Waals surface area contributed by atoms with E-state index < -0.39 is 10.0 Å². The quantitative estimate of drug-likeness (QED) is 0.274. The number of nitrogens with zero attached hydrogens (tertiary/aromatic N) is 1. The summed E-state index contributed by atoms with van der Waals surface area (Å²) in [6.07, 6.45) is 2.87. The molecule has 0 saturated carbocycles. The minimum atomic E-state index is -3.16. The molecule has 5 heteroatoms. The normalized spacial score (nSPS) is 11.0. The zero-order valence-electron chi connectivity index (χ0n) is 5.38. The third-order valence-corrected chi connectivity index (χ3v) is 1.67. The fourth-order valence-electron chi connectivity index (χ4n) is 0. The van der Waals surface area contributed by atoms with Crippen molar-refractivity contribution in [3.8, 4) is 0 Å². The van der Waals surface area contributed by atoms with E-state index in [4.69, 9.17) is 0 Å². The summed E-state index contributed by atoms with van der Waals surface area (Å²) in [6, 6.07) is 0. The molecular weight excluding hydrogens is 121 g/mol. The van der Waals surface area contributed by atoms with Gasteiger partial charge in [0.25, 0.3) is 0 Å². The predicted molar refractivity (Wildman–Crippen MR) is 28.0 cm³/mol. The van der Waals surface area contributed by atoms with Crippen molar-refractivity contribution >= 4 is 10.0 Å². The van der Waals surface area contributed by atoms with E-state index in [1.807, 2.05) is 0 Å². The molecule has 0 spiro atoms. The molecule has 0 bridgehead atoms. The standard InChI is InChI=1S/C3H8NO2S.Li/c1-4(2)7(3,5)6;/h3H2,1-2H3;/q-1;+1. The van der Waals surface area contributed by atoms with Crippen molar-refractivity contribution in [3.63, 3.8) is 0 Å². The van der Waals surface area contributed by atoms with Gasteiger partial charge in [0.05, 0.1) is 10.0 Å². The van der Waals surface area contributed by atoms with Crippen LogP contribution in [0.25, 0.3) is 0 Å². The molecule has 0 amide bonds. The van der Waals surface area contributed by atoms with Crippen LogP contribution in [0.2, 0.25) is 0 Å². The molecule has 0 atom stereocenters. The molecule has 0 fully saturated rings. The first kappa shape index (κ1) is 11.3. The van der Waals surface area contributed by atoms with Gasteiger partial charge in [-0.25, -0.2) is 19.0 Å². The number of sulfonamides is 1. The maximum Gasteiger partial charge on any atom is 1.00 e. The summed E-state index contributed by atoms with van der Waals surface area (Å²) in [5.74, 6) is 0. The molecule has 3 nitrogen and oxygen atoms in total. The van der Waals surface area contributed by atoms with E-state index in [-0.39, 0.29) is 18.9 Å². The fraction of sp³-hybridized carbons (Fsp3) is 0.667. The van der Waals surface area contributed by atoms with Crippen molar-refractivity contribution in [1.82, 2.24) is 4.31 Å². The SMILES string of the molecule is [CH2-]S(=O)(=O)N(C)C.[Li+]. The maximum absolute atomic E-state index is 10.1. The van der Waals surface area contributed by atoms with E-state index in [1.54, 1.807) is 0 Å². The van der Waals surface area contributed by atoms with Gasteiger partial charge in [-0.05, 0) is 14.1 Å². The Kier molecular flexibility index (Phi) is 4.98. The summed E-state index contributed by atoms with van der Waals surface area (Å²) in [4.78, 5) is 0. The van der Waals surface area contributed by atoms with Crippen LogP contribution in [0.3, 0.4) is 0 Å². The third kappa shape index (κ3) is 4.66. The largest absolute Gasteiger partial charge is 1.00 e. The molecule has 0 aromatic carbocycles. The van der Waals surface area contributed by atoms with Crippen molar-refractivity contribution in [1.29, 1.82) is 0 Å². The minimum Gasteiger partial charge on any atom is -0.247 e. The monoisotopic (exact) mass is 129 g/mol. The maximum atomic E-state index is 10.1. The zero-order chi connectivity index (χ0) is 6.08. The van der Waals surface area contributed by atoms with Crippen molar-refractivity contribution < 1.29 is 27.3 Å². The van der Waals surface area contributed by atoms with Gasteiger partial charge in [0.1, 0.15) is 0 Å². The van der Waals surface area contributed by atoms with Crippen molar-refractivity contribution in [2.75, 3.05) is 14.1 Å². The van der Waals surface area contributed by atoms with Gasteiger partial charge in [0.2, 0.25) is 0 Å². The van der Waals surface area contributed by atoms with Crippen molar-refractivity contribution in [2.24, 2.45) is 0 Å². The van der Waals surface area contributed by atoms with Gasteiger partial charge in [-0.3, -0.25) is 0 Å². The first-order valence-electron chi connectivity index (χ1n) is 1.70. The Hall–Kier alpha value is 0.507. The Balaban J connectivity index is 0. The Bertz CT molecular complexity index is 139. The molecule has 0 aromatic heterocycles. The first-order valence-corrected chi connectivity index (χ1v) is 3.31. The van der Waals surface area contributed by atoms with E-state index in [0.717, 1.165) is 4.31 Å². The van der Waals surface area contributed by atoms with Crippen LogP contribution in [0.1, 0.15) is 0 Å². The zero-order valence-corrected chi connectivity index (χ0v) is 6.20. The molecule has 0 unspecified atom stereocenters. The van der Waals surface area contributed by atoms with Crippen LogP contribution >= 0.6 is 0 Å². The summed E-state index contributed by atoms with van der Waals surface area (Å²) in [5.41, 5.74) is 0.